The Bertz CT molecular complexity index is 696. The number of aryl methyl sites for hydroxylation is 1. The number of anilines is 1. The molecule has 0 bridgehead atoms. The van der Waals surface area contributed by atoms with Gasteiger partial charge in [-0.2, -0.15) is 5.10 Å². The van der Waals surface area contributed by atoms with Gasteiger partial charge in [0.2, 0.25) is 0 Å². The second-order valence-corrected chi connectivity index (χ2v) is 5.02. The maximum absolute atomic E-state index is 12.4. The van der Waals surface area contributed by atoms with Crippen molar-refractivity contribution in [1.82, 2.24) is 9.78 Å². The Hall–Kier alpha value is -2.48. The van der Waals surface area contributed by atoms with Crippen LogP contribution in [0.25, 0.3) is 0 Å². The SMILES string of the molecule is CSc1ccccc1C(=O)Nc1c(C(N)=NO)cnn1C. The Morgan fingerprint density at radius 2 is 2.14 bits per heavy atom. The minimum atomic E-state index is -0.282. The number of carbonyl (C=O) groups is 1. The van der Waals surface area contributed by atoms with Crippen LogP contribution in [0.1, 0.15) is 15.9 Å². The predicted molar refractivity (Wildman–Crippen MR) is 81.9 cm³/mol. The molecule has 2 aromatic rings. The molecule has 1 amide bonds. The van der Waals surface area contributed by atoms with Crippen LogP contribution in [0.2, 0.25) is 0 Å². The molecule has 0 aliphatic heterocycles. The van der Waals surface area contributed by atoms with E-state index >= 15 is 0 Å². The number of rotatable bonds is 4. The monoisotopic (exact) mass is 305 g/mol. The first-order chi connectivity index (χ1) is 10.1. The summed E-state index contributed by atoms with van der Waals surface area (Å²) in [7, 11) is 1.66. The summed E-state index contributed by atoms with van der Waals surface area (Å²) < 4.78 is 1.45. The van der Waals surface area contributed by atoms with E-state index in [4.69, 9.17) is 10.9 Å². The summed E-state index contributed by atoms with van der Waals surface area (Å²) in [6.07, 6.45) is 3.32. The van der Waals surface area contributed by atoms with E-state index < -0.39 is 0 Å². The lowest BCUT2D eigenvalue weighted by atomic mass is 10.2. The highest BCUT2D eigenvalue weighted by atomic mass is 32.2. The number of nitrogens with two attached hydrogens (primary N) is 1. The van der Waals surface area contributed by atoms with E-state index in [1.54, 1.807) is 19.2 Å². The van der Waals surface area contributed by atoms with Crippen molar-refractivity contribution < 1.29 is 10.0 Å². The molecule has 0 saturated carbocycles. The average molecular weight is 305 g/mol. The molecule has 0 aliphatic carbocycles. The number of oxime groups is 1. The van der Waals surface area contributed by atoms with E-state index in [9.17, 15) is 4.79 Å². The third-order valence-corrected chi connectivity index (χ3v) is 3.70. The molecule has 0 saturated heterocycles. The molecule has 7 nitrogen and oxygen atoms in total. The van der Waals surface area contributed by atoms with Gasteiger partial charge in [-0.15, -0.1) is 11.8 Å². The van der Waals surface area contributed by atoms with E-state index in [0.29, 0.717) is 16.9 Å². The zero-order valence-electron chi connectivity index (χ0n) is 11.6. The second kappa shape index (κ2) is 6.31. The lowest BCUT2D eigenvalue weighted by Gasteiger charge is -2.10. The molecule has 1 aromatic heterocycles. The van der Waals surface area contributed by atoms with Gasteiger partial charge in [-0.1, -0.05) is 17.3 Å². The Morgan fingerprint density at radius 1 is 1.43 bits per heavy atom. The van der Waals surface area contributed by atoms with Crippen LogP contribution in [0, 0.1) is 0 Å². The van der Waals surface area contributed by atoms with Gasteiger partial charge in [-0.3, -0.25) is 9.48 Å². The Kier molecular flexibility index (Phi) is 4.49. The molecule has 110 valence electrons. The number of benzene rings is 1. The smallest absolute Gasteiger partial charge is 0.257 e. The normalized spacial score (nSPS) is 11.4. The van der Waals surface area contributed by atoms with Gasteiger partial charge < -0.3 is 16.3 Å². The Labute approximate surface area is 125 Å². The van der Waals surface area contributed by atoms with Crippen molar-refractivity contribution in [3.8, 4) is 0 Å². The van der Waals surface area contributed by atoms with Gasteiger partial charge >= 0.3 is 0 Å². The molecule has 8 heteroatoms. The van der Waals surface area contributed by atoms with Crippen molar-refractivity contribution in [2.75, 3.05) is 11.6 Å². The maximum atomic E-state index is 12.4. The highest BCUT2D eigenvalue weighted by Gasteiger charge is 2.17. The van der Waals surface area contributed by atoms with Crippen molar-refractivity contribution in [1.29, 1.82) is 0 Å². The first-order valence-corrected chi connectivity index (χ1v) is 7.25. The molecule has 0 atom stereocenters. The van der Waals surface area contributed by atoms with Crippen molar-refractivity contribution >= 4 is 29.3 Å². The number of carbonyl (C=O) groups excluding carboxylic acids is 1. The first-order valence-electron chi connectivity index (χ1n) is 6.02. The fraction of sp³-hybridized carbons (Fsp3) is 0.154. The quantitative estimate of drug-likeness (QED) is 0.261. The van der Waals surface area contributed by atoms with Crippen LogP contribution in [0.15, 0.2) is 40.5 Å². The maximum Gasteiger partial charge on any atom is 0.257 e. The fourth-order valence-corrected chi connectivity index (χ4v) is 2.43. The minimum absolute atomic E-state index is 0.114. The minimum Gasteiger partial charge on any atom is -0.409 e. The fourth-order valence-electron chi connectivity index (χ4n) is 1.83. The molecule has 1 aromatic carbocycles. The number of aromatic nitrogens is 2. The van der Waals surface area contributed by atoms with Gasteiger partial charge in [-0.05, 0) is 18.4 Å². The lowest BCUT2D eigenvalue weighted by molar-refractivity contribution is 0.102. The highest BCUT2D eigenvalue weighted by Crippen LogP contribution is 2.22. The van der Waals surface area contributed by atoms with Crippen molar-refractivity contribution in [3.05, 3.63) is 41.6 Å². The summed E-state index contributed by atoms with van der Waals surface area (Å²) in [4.78, 5) is 13.3. The molecule has 0 unspecified atom stereocenters. The van der Waals surface area contributed by atoms with E-state index in [1.165, 1.54) is 22.6 Å². The highest BCUT2D eigenvalue weighted by molar-refractivity contribution is 7.98. The number of amidine groups is 1. The number of nitrogens with one attached hydrogen (secondary N) is 1. The topological polar surface area (TPSA) is 106 Å². The predicted octanol–water partition coefficient (Wildman–Crippen LogP) is 1.49. The standard InChI is InChI=1S/C13H15N5O2S/c1-18-12(9(7-15-18)11(14)17-20)16-13(19)8-5-3-4-6-10(8)21-2/h3-7,20H,1-2H3,(H2,14,17)(H,16,19). The van der Waals surface area contributed by atoms with Gasteiger partial charge in [0.1, 0.15) is 5.82 Å². The largest absolute Gasteiger partial charge is 0.409 e. The van der Waals surface area contributed by atoms with Crippen LogP contribution < -0.4 is 11.1 Å². The molecule has 2 rings (SSSR count). The summed E-state index contributed by atoms with van der Waals surface area (Å²) in [5.74, 6) is -0.0294. The zero-order valence-corrected chi connectivity index (χ0v) is 12.4. The van der Waals surface area contributed by atoms with E-state index in [0.717, 1.165) is 4.90 Å². The second-order valence-electron chi connectivity index (χ2n) is 4.17. The van der Waals surface area contributed by atoms with Gasteiger partial charge in [-0.25, -0.2) is 0 Å². The summed E-state index contributed by atoms with van der Waals surface area (Å²) in [6, 6.07) is 7.27. The molecule has 1 heterocycles. The zero-order chi connectivity index (χ0) is 15.4. The summed E-state index contributed by atoms with van der Waals surface area (Å²) >= 11 is 1.48. The van der Waals surface area contributed by atoms with Crippen molar-refractivity contribution in [2.24, 2.45) is 17.9 Å². The van der Waals surface area contributed by atoms with Gasteiger partial charge in [0.05, 0.1) is 17.3 Å². The van der Waals surface area contributed by atoms with Gasteiger partial charge in [0.25, 0.3) is 5.91 Å². The van der Waals surface area contributed by atoms with E-state index in [2.05, 4.69) is 15.6 Å². The average Bonchev–Trinajstić information content (AvgIpc) is 2.87. The summed E-state index contributed by atoms with van der Waals surface area (Å²) in [5.41, 5.74) is 6.48. The molecule has 0 fully saturated rings. The molecular weight excluding hydrogens is 290 g/mol. The van der Waals surface area contributed by atoms with Crippen LogP contribution >= 0.6 is 11.8 Å². The van der Waals surface area contributed by atoms with Crippen molar-refractivity contribution in [3.63, 3.8) is 0 Å². The molecule has 0 aliphatic rings. The van der Waals surface area contributed by atoms with Crippen molar-refractivity contribution in [2.45, 2.75) is 4.90 Å². The number of nitrogens with zero attached hydrogens (tertiary/aromatic N) is 3. The van der Waals surface area contributed by atoms with Crippen LogP contribution in [-0.4, -0.2) is 33.0 Å². The van der Waals surface area contributed by atoms with Crippen LogP contribution in [0.5, 0.6) is 0 Å². The number of thioether (sulfide) groups is 1. The first kappa shape index (κ1) is 14.9. The molecule has 4 N–H and O–H groups in total. The molecule has 0 radical (unpaired) electrons. The number of amides is 1. The third-order valence-electron chi connectivity index (χ3n) is 2.91. The third kappa shape index (κ3) is 3.00. The number of hydrogen-bond acceptors (Lipinski definition) is 5. The summed E-state index contributed by atoms with van der Waals surface area (Å²) in [5, 5.41) is 18.4. The molecule has 21 heavy (non-hydrogen) atoms. The van der Waals surface area contributed by atoms with E-state index in [1.807, 2.05) is 18.4 Å². The lowest BCUT2D eigenvalue weighted by Crippen LogP contribution is -2.20. The van der Waals surface area contributed by atoms with Gasteiger partial charge in [0.15, 0.2) is 5.84 Å². The van der Waals surface area contributed by atoms with E-state index in [-0.39, 0.29) is 11.7 Å². The Balaban J connectivity index is 2.34. The number of hydrogen-bond donors (Lipinski definition) is 3. The van der Waals surface area contributed by atoms with Gasteiger partial charge in [0, 0.05) is 11.9 Å². The summed E-state index contributed by atoms with van der Waals surface area (Å²) in [6.45, 7) is 0. The van der Waals surface area contributed by atoms with Crippen LogP contribution in [-0.2, 0) is 7.05 Å². The molecule has 0 spiro atoms. The Morgan fingerprint density at radius 3 is 2.81 bits per heavy atom. The molecular formula is C13H15N5O2S. The van der Waals surface area contributed by atoms with Crippen LogP contribution in [0.3, 0.4) is 0 Å². The van der Waals surface area contributed by atoms with Crippen LogP contribution in [0.4, 0.5) is 5.82 Å².